The number of carbonyl (C=O) groups excluding carboxylic acids is 1. The predicted molar refractivity (Wildman–Crippen MR) is 85.4 cm³/mol. The number of nitrogens with one attached hydrogen (secondary N) is 1. The van der Waals surface area contributed by atoms with Crippen molar-refractivity contribution >= 4 is 5.91 Å². The van der Waals surface area contributed by atoms with E-state index in [1.807, 2.05) is 30.9 Å². The van der Waals surface area contributed by atoms with Gasteiger partial charge in [0.05, 0.1) is 11.7 Å². The van der Waals surface area contributed by atoms with Crippen LogP contribution in [0.4, 0.5) is 4.39 Å². The van der Waals surface area contributed by atoms with Gasteiger partial charge in [0.2, 0.25) is 5.91 Å². The van der Waals surface area contributed by atoms with Crippen molar-refractivity contribution in [1.29, 1.82) is 0 Å². The molecule has 0 saturated carbocycles. The van der Waals surface area contributed by atoms with E-state index >= 15 is 0 Å². The number of aryl methyl sites for hydroxylation is 2. The summed E-state index contributed by atoms with van der Waals surface area (Å²) in [5.41, 5.74) is 2.68. The van der Waals surface area contributed by atoms with E-state index in [0.717, 1.165) is 23.5 Å². The number of nitrogens with zero attached hydrogens (tertiary/aromatic N) is 3. The van der Waals surface area contributed by atoms with Crippen LogP contribution in [0.5, 0.6) is 0 Å². The molecule has 2 heterocycles. The topological polar surface area (TPSA) is 50.2 Å². The first-order valence-corrected chi connectivity index (χ1v) is 7.81. The molecular weight excluding hydrogens is 295 g/mol. The molecule has 23 heavy (non-hydrogen) atoms. The van der Waals surface area contributed by atoms with Crippen molar-refractivity contribution in [1.82, 2.24) is 20.0 Å². The number of benzene rings is 1. The number of aromatic nitrogens is 2. The highest BCUT2D eigenvalue weighted by Crippen LogP contribution is 2.23. The van der Waals surface area contributed by atoms with Gasteiger partial charge in [0.25, 0.3) is 0 Å². The van der Waals surface area contributed by atoms with Crippen LogP contribution in [0.2, 0.25) is 0 Å². The van der Waals surface area contributed by atoms with Gasteiger partial charge in [-0.3, -0.25) is 9.48 Å². The highest BCUT2D eigenvalue weighted by Gasteiger charge is 2.28. The van der Waals surface area contributed by atoms with Crippen LogP contribution >= 0.6 is 0 Å². The first-order valence-electron chi connectivity index (χ1n) is 7.81. The predicted octanol–water partition coefficient (Wildman–Crippen LogP) is 1.81. The van der Waals surface area contributed by atoms with Gasteiger partial charge in [-0.15, -0.1) is 0 Å². The van der Waals surface area contributed by atoms with Crippen molar-refractivity contribution in [2.45, 2.75) is 26.4 Å². The van der Waals surface area contributed by atoms with Crippen molar-refractivity contribution in [3.8, 4) is 0 Å². The fourth-order valence-electron chi connectivity index (χ4n) is 3.07. The Bertz CT molecular complexity index is 712. The average Bonchev–Trinajstić information content (AvgIpc) is 2.85. The summed E-state index contributed by atoms with van der Waals surface area (Å²) >= 11 is 0. The molecule has 1 N–H and O–H groups in total. The highest BCUT2D eigenvalue weighted by molar-refractivity contribution is 5.76. The summed E-state index contributed by atoms with van der Waals surface area (Å²) in [4.78, 5) is 14.6. The maximum absolute atomic E-state index is 13.5. The molecule has 1 unspecified atom stereocenters. The lowest BCUT2D eigenvalue weighted by Crippen LogP contribution is -2.49. The third-order valence-electron chi connectivity index (χ3n) is 4.19. The fraction of sp³-hybridized carbons (Fsp3) is 0.412. The van der Waals surface area contributed by atoms with Crippen LogP contribution in [0.3, 0.4) is 0 Å². The number of piperazine rings is 1. The van der Waals surface area contributed by atoms with Gasteiger partial charge < -0.3 is 10.2 Å². The van der Waals surface area contributed by atoms with Crippen LogP contribution in [-0.2, 0) is 11.3 Å². The minimum atomic E-state index is -0.279. The second-order valence-electron chi connectivity index (χ2n) is 5.95. The maximum Gasteiger partial charge on any atom is 0.244 e. The Balaban J connectivity index is 1.80. The van der Waals surface area contributed by atoms with Gasteiger partial charge in [-0.2, -0.15) is 5.10 Å². The van der Waals surface area contributed by atoms with Crippen molar-refractivity contribution in [3.05, 3.63) is 53.1 Å². The third-order valence-corrected chi connectivity index (χ3v) is 4.19. The Morgan fingerprint density at radius 1 is 1.39 bits per heavy atom. The van der Waals surface area contributed by atoms with Gasteiger partial charge in [-0.1, -0.05) is 12.1 Å². The normalized spacial score (nSPS) is 18.2. The van der Waals surface area contributed by atoms with Crippen molar-refractivity contribution in [3.63, 3.8) is 0 Å². The van der Waals surface area contributed by atoms with E-state index in [1.165, 1.54) is 12.1 Å². The van der Waals surface area contributed by atoms with Crippen LogP contribution in [-0.4, -0.2) is 40.2 Å². The molecule has 1 fully saturated rings. The van der Waals surface area contributed by atoms with E-state index in [1.54, 1.807) is 10.7 Å². The molecule has 122 valence electrons. The lowest BCUT2D eigenvalue weighted by molar-refractivity contribution is -0.135. The zero-order chi connectivity index (χ0) is 16.4. The van der Waals surface area contributed by atoms with Gasteiger partial charge in [0.1, 0.15) is 12.4 Å². The van der Waals surface area contributed by atoms with E-state index < -0.39 is 0 Å². The fourth-order valence-corrected chi connectivity index (χ4v) is 3.07. The number of amides is 1. The second-order valence-corrected chi connectivity index (χ2v) is 5.95. The number of hydrogen-bond donors (Lipinski definition) is 1. The van der Waals surface area contributed by atoms with Gasteiger partial charge in [0, 0.05) is 25.3 Å². The van der Waals surface area contributed by atoms with Crippen LogP contribution in [0.25, 0.3) is 0 Å². The molecule has 3 rings (SSSR count). The zero-order valence-electron chi connectivity index (χ0n) is 13.4. The van der Waals surface area contributed by atoms with Crippen LogP contribution in [0.15, 0.2) is 30.3 Å². The number of rotatable bonds is 3. The molecule has 0 radical (unpaired) electrons. The summed E-state index contributed by atoms with van der Waals surface area (Å²) in [7, 11) is 0. The van der Waals surface area contributed by atoms with Crippen LogP contribution in [0.1, 0.15) is 23.0 Å². The summed E-state index contributed by atoms with van der Waals surface area (Å²) in [5.74, 6) is -0.272. The number of halogens is 1. The standard InChI is InChI=1S/C17H21FN4O/c1-12-8-13(2)22(20-12)11-17(23)21-7-6-19-10-16(21)14-4-3-5-15(18)9-14/h3-5,8-9,16,19H,6-7,10-11H2,1-2H3. The quantitative estimate of drug-likeness (QED) is 0.939. The Morgan fingerprint density at radius 2 is 2.22 bits per heavy atom. The summed E-state index contributed by atoms with van der Waals surface area (Å²) in [6, 6.07) is 8.27. The molecule has 1 aliphatic rings. The van der Waals surface area contributed by atoms with Crippen molar-refractivity contribution < 1.29 is 9.18 Å². The molecule has 0 aliphatic carbocycles. The Hall–Kier alpha value is -2.21. The molecule has 6 heteroatoms. The second kappa shape index (κ2) is 6.50. The minimum Gasteiger partial charge on any atom is -0.331 e. The third kappa shape index (κ3) is 3.42. The van der Waals surface area contributed by atoms with Gasteiger partial charge in [-0.25, -0.2) is 4.39 Å². The van der Waals surface area contributed by atoms with E-state index in [2.05, 4.69) is 10.4 Å². The number of hydrogen-bond acceptors (Lipinski definition) is 3. The van der Waals surface area contributed by atoms with E-state index in [-0.39, 0.29) is 24.3 Å². The molecule has 1 atom stereocenters. The van der Waals surface area contributed by atoms with E-state index in [4.69, 9.17) is 0 Å². The van der Waals surface area contributed by atoms with Crippen LogP contribution < -0.4 is 5.32 Å². The molecule has 1 aromatic heterocycles. The van der Waals surface area contributed by atoms with Gasteiger partial charge in [0.15, 0.2) is 0 Å². The summed E-state index contributed by atoms with van der Waals surface area (Å²) in [6.45, 7) is 6.05. The van der Waals surface area contributed by atoms with E-state index in [9.17, 15) is 9.18 Å². The summed E-state index contributed by atoms with van der Waals surface area (Å²) < 4.78 is 15.2. The Kier molecular flexibility index (Phi) is 4.43. The average molecular weight is 316 g/mol. The van der Waals surface area contributed by atoms with Gasteiger partial charge in [-0.05, 0) is 37.6 Å². The first-order chi connectivity index (χ1) is 11.0. The lowest BCUT2D eigenvalue weighted by Gasteiger charge is -2.36. The molecular formula is C17H21FN4O. The van der Waals surface area contributed by atoms with E-state index in [0.29, 0.717) is 13.1 Å². The lowest BCUT2D eigenvalue weighted by atomic mass is 10.0. The van der Waals surface area contributed by atoms with Gasteiger partial charge >= 0.3 is 0 Å². The summed E-state index contributed by atoms with van der Waals surface area (Å²) in [5, 5.41) is 7.63. The monoisotopic (exact) mass is 316 g/mol. The molecule has 0 bridgehead atoms. The molecule has 2 aromatic rings. The zero-order valence-corrected chi connectivity index (χ0v) is 13.4. The SMILES string of the molecule is Cc1cc(C)n(CC(=O)N2CCNCC2c2cccc(F)c2)n1. The highest BCUT2D eigenvalue weighted by atomic mass is 19.1. The molecule has 1 saturated heterocycles. The Morgan fingerprint density at radius 3 is 2.91 bits per heavy atom. The maximum atomic E-state index is 13.5. The molecule has 0 spiro atoms. The molecule has 5 nitrogen and oxygen atoms in total. The molecule has 1 aromatic carbocycles. The first kappa shape index (κ1) is 15.7. The smallest absolute Gasteiger partial charge is 0.244 e. The summed E-state index contributed by atoms with van der Waals surface area (Å²) in [6.07, 6.45) is 0. The molecule has 1 amide bonds. The van der Waals surface area contributed by atoms with Crippen molar-refractivity contribution in [2.75, 3.05) is 19.6 Å². The van der Waals surface area contributed by atoms with Crippen molar-refractivity contribution in [2.24, 2.45) is 0 Å². The minimum absolute atomic E-state index is 0.00645. The number of carbonyl (C=O) groups is 1. The molecule has 1 aliphatic heterocycles. The van der Waals surface area contributed by atoms with Crippen LogP contribution in [0, 0.1) is 19.7 Å². The largest absolute Gasteiger partial charge is 0.331 e. The Labute approximate surface area is 135 Å².